The van der Waals surface area contributed by atoms with E-state index in [9.17, 15) is 15.3 Å². The molecule has 0 aliphatic carbocycles. The number of carbonyl (C=O) groups is 1. The fourth-order valence-corrected chi connectivity index (χ4v) is 3.81. The first-order chi connectivity index (χ1) is 17.9. The van der Waals surface area contributed by atoms with Crippen LogP contribution in [0.1, 0.15) is 34.7 Å². The zero-order valence-electron chi connectivity index (χ0n) is 20.7. The van der Waals surface area contributed by atoms with E-state index in [4.69, 9.17) is 21.1 Å². The Labute approximate surface area is 222 Å². The summed E-state index contributed by atoms with van der Waals surface area (Å²) >= 11 is 6.05. The van der Waals surface area contributed by atoms with Crippen molar-refractivity contribution in [3.63, 3.8) is 0 Å². The average molecular weight is 512 g/mol. The lowest BCUT2D eigenvalue weighted by Gasteiger charge is -2.17. The number of halogens is 1. The minimum atomic E-state index is -0.551. The van der Waals surface area contributed by atoms with Gasteiger partial charge >= 0.3 is 0 Å². The van der Waals surface area contributed by atoms with Gasteiger partial charge in [-0.25, -0.2) is 0 Å². The molecule has 0 saturated carbocycles. The van der Waals surface area contributed by atoms with Crippen LogP contribution >= 0.6 is 11.6 Å². The lowest BCUT2D eigenvalue weighted by molar-refractivity contribution is -0.112. The molecule has 0 radical (unpaired) electrons. The lowest BCUT2D eigenvalue weighted by Crippen LogP contribution is -2.14. The number of allylic oxidation sites excluding steroid dienone is 1. The van der Waals surface area contributed by atoms with Crippen molar-refractivity contribution in [1.82, 2.24) is 0 Å². The van der Waals surface area contributed by atoms with Crippen molar-refractivity contribution >= 4 is 29.3 Å². The number of anilines is 1. The molecule has 0 aliphatic rings. The van der Waals surface area contributed by atoms with Gasteiger partial charge < -0.3 is 14.8 Å². The van der Waals surface area contributed by atoms with E-state index in [1.54, 1.807) is 42.5 Å². The quantitative estimate of drug-likeness (QED) is 0.184. The average Bonchev–Trinajstić information content (AvgIpc) is 2.89. The molecule has 1 N–H and O–H groups in total. The molecule has 0 spiro atoms. The van der Waals surface area contributed by atoms with Gasteiger partial charge in [0.05, 0.1) is 18.2 Å². The maximum atomic E-state index is 12.9. The van der Waals surface area contributed by atoms with E-state index in [1.165, 1.54) is 6.08 Å². The van der Waals surface area contributed by atoms with Crippen LogP contribution in [-0.2, 0) is 17.8 Å². The monoisotopic (exact) mass is 511 g/mol. The molecule has 7 heteroatoms. The van der Waals surface area contributed by atoms with Crippen LogP contribution in [-0.4, -0.2) is 12.5 Å². The summed E-state index contributed by atoms with van der Waals surface area (Å²) in [7, 11) is 0. The van der Waals surface area contributed by atoms with Crippen molar-refractivity contribution in [1.29, 1.82) is 10.5 Å². The van der Waals surface area contributed by atoms with Crippen LogP contribution in [0.3, 0.4) is 0 Å². The third kappa shape index (κ3) is 7.01. The number of nitrogens with one attached hydrogen (secondary N) is 1. The second kappa shape index (κ2) is 13.0. The Hall–Kier alpha value is -4.52. The number of carbonyl (C=O) groups excluding carboxylic acids is 1. The zero-order valence-corrected chi connectivity index (χ0v) is 21.4. The van der Waals surface area contributed by atoms with E-state index in [2.05, 4.69) is 18.0 Å². The number of amides is 1. The van der Waals surface area contributed by atoms with Crippen LogP contribution in [0.2, 0.25) is 5.02 Å². The van der Waals surface area contributed by atoms with E-state index < -0.39 is 5.91 Å². The van der Waals surface area contributed by atoms with Crippen LogP contribution in [0.15, 0.2) is 72.8 Å². The van der Waals surface area contributed by atoms with Crippen LogP contribution in [0, 0.1) is 29.6 Å². The first kappa shape index (κ1) is 27.1. The number of rotatable bonds is 10. The molecule has 0 aliphatic heterocycles. The molecular weight excluding hydrogens is 486 g/mol. The molecule has 6 nitrogen and oxygen atoms in total. The van der Waals surface area contributed by atoms with E-state index in [1.807, 2.05) is 38.1 Å². The van der Waals surface area contributed by atoms with Crippen LogP contribution in [0.5, 0.6) is 11.5 Å². The zero-order chi connectivity index (χ0) is 26.8. The van der Waals surface area contributed by atoms with Crippen molar-refractivity contribution in [3.05, 3.63) is 106 Å². The molecule has 0 aromatic heterocycles. The second-order valence-electron chi connectivity index (χ2n) is 8.07. The molecule has 0 bridgehead atoms. The molecule has 0 unspecified atom stereocenters. The molecule has 37 heavy (non-hydrogen) atoms. The third-order valence-electron chi connectivity index (χ3n) is 5.45. The third-order valence-corrected chi connectivity index (χ3v) is 5.69. The van der Waals surface area contributed by atoms with E-state index in [0.717, 1.165) is 16.7 Å². The molecule has 186 valence electrons. The van der Waals surface area contributed by atoms with E-state index in [-0.39, 0.29) is 12.2 Å². The second-order valence-corrected chi connectivity index (χ2v) is 8.51. The summed E-state index contributed by atoms with van der Waals surface area (Å²) in [6.07, 6.45) is 3.69. The Bertz CT molecular complexity index is 1430. The summed E-state index contributed by atoms with van der Waals surface area (Å²) in [6.45, 7) is 8.08. The fraction of sp³-hybridized carbons (Fsp3) is 0.167. The molecule has 0 fully saturated rings. The molecule has 3 aromatic rings. The summed E-state index contributed by atoms with van der Waals surface area (Å²) in [4.78, 5) is 12.9. The Balaban J connectivity index is 1.96. The highest BCUT2D eigenvalue weighted by molar-refractivity contribution is 6.31. The summed E-state index contributed by atoms with van der Waals surface area (Å²) in [6, 6.07) is 20.1. The number of hydrogen-bond acceptors (Lipinski definition) is 5. The standard InChI is InChI=1S/C30H26ClN3O3/c1-4-8-22-13-21(14-25(18-33)30(35)34-27-16-26(31)12-11-20(27)3)15-28(36-5-2)29(22)37-19-24-10-7-6-9-23(24)17-32/h4,6-7,9-16H,1,5,8,19H2,2-3H3,(H,34,35)/b25-14+. The molecular formula is C30H26ClN3O3. The van der Waals surface area contributed by atoms with E-state index in [0.29, 0.717) is 46.4 Å². The van der Waals surface area contributed by atoms with Gasteiger partial charge in [0.15, 0.2) is 11.5 Å². The highest BCUT2D eigenvalue weighted by Crippen LogP contribution is 2.35. The Morgan fingerprint density at radius 1 is 1.11 bits per heavy atom. The van der Waals surface area contributed by atoms with Crippen molar-refractivity contribution in [2.75, 3.05) is 11.9 Å². The summed E-state index contributed by atoms with van der Waals surface area (Å²) in [5, 5.41) is 22.3. The predicted molar refractivity (Wildman–Crippen MR) is 145 cm³/mol. The van der Waals surface area contributed by atoms with Crippen molar-refractivity contribution in [3.8, 4) is 23.6 Å². The number of benzene rings is 3. The van der Waals surface area contributed by atoms with Crippen molar-refractivity contribution < 1.29 is 14.3 Å². The van der Waals surface area contributed by atoms with Gasteiger partial charge in [-0.3, -0.25) is 4.79 Å². The smallest absolute Gasteiger partial charge is 0.266 e. The summed E-state index contributed by atoms with van der Waals surface area (Å²) in [5.74, 6) is 0.430. The first-order valence-corrected chi connectivity index (χ1v) is 12.0. The van der Waals surface area contributed by atoms with Crippen LogP contribution < -0.4 is 14.8 Å². The largest absolute Gasteiger partial charge is 0.490 e. The number of nitriles is 2. The number of nitrogens with zero attached hydrogens (tertiary/aromatic N) is 2. The number of ether oxygens (including phenoxy) is 2. The SMILES string of the molecule is C=CCc1cc(/C=C(\C#N)C(=O)Nc2cc(Cl)ccc2C)cc(OCC)c1OCc1ccccc1C#N. The van der Waals surface area contributed by atoms with Gasteiger partial charge in [0.2, 0.25) is 0 Å². The predicted octanol–water partition coefficient (Wildman–Crippen LogP) is 6.77. The van der Waals surface area contributed by atoms with E-state index >= 15 is 0 Å². The minimum absolute atomic E-state index is 0.0806. The Morgan fingerprint density at radius 3 is 2.59 bits per heavy atom. The molecule has 0 saturated heterocycles. The van der Waals surface area contributed by atoms with Gasteiger partial charge in [-0.05, 0) is 67.8 Å². The van der Waals surface area contributed by atoms with Crippen LogP contribution in [0.4, 0.5) is 5.69 Å². The maximum absolute atomic E-state index is 12.9. The maximum Gasteiger partial charge on any atom is 0.266 e. The van der Waals surface area contributed by atoms with Crippen molar-refractivity contribution in [2.24, 2.45) is 0 Å². The molecule has 0 atom stereocenters. The highest BCUT2D eigenvalue weighted by Gasteiger charge is 2.16. The van der Waals surface area contributed by atoms with Gasteiger partial charge in [0.25, 0.3) is 5.91 Å². The summed E-state index contributed by atoms with van der Waals surface area (Å²) in [5.41, 5.74) is 3.92. The number of hydrogen-bond donors (Lipinski definition) is 1. The summed E-state index contributed by atoms with van der Waals surface area (Å²) < 4.78 is 12.0. The van der Waals surface area contributed by atoms with Crippen molar-refractivity contribution in [2.45, 2.75) is 26.9 Å². The highest BCUT2D eigenvalue weighted by atomic mass is 35.5. The van der Waals surface area contributed by atoms with Crippen LogP contribution in [0.25, 0.3) is 6.08 Å². The van der Waals surface area contributed by atoms with Gasteiger partial charge in [0, 0.05) is 21.8 Å². The molecule has 0 heterocycles. The Morgan fingerprint density at radius 2 is 1.89 bits per heavy atom. The number of aryl methyl sites for hydroxylation is 1. The Kier molecular flexibility index (Phi) is 9.49. The topological polar surface area (TPSA) is 95.1 Å². The normalized spacial score (nSPS) is 10.7. The molecule has 1 amide bonds. The van der Waals surface area contributed by atoms with Gasteiger partial charge in [-0.15, -0.1) is 6.58 Å². The minimum Gasteiger partial charge on any atom is -0.490 e. The first-order valence-electron chi connectivity index (χ1n) is 11.6. The van der Waals surface area contributed by atoms with Gasteiger partial charge in [-0.1, -0.05) is 41.9 Å². The molecule has 3 rings (SSSR count). The van der Waals surface area contributed by atoms with Gasteiger partial charge in [0.1, 0.15) is 18.2 Å². The van der Waals surface area contributed by atoms with Gasteiger partial charge in [-0.2, -0.15) is 10.5 Å². The fourth-order valence-electron chi connectivity index (χ4n) is 3.64. The lowest BCUT2D eigenvalue weighted by atomic mass is 10.0. The molecule has 3 aromatic carbocycles.